The maximum atomic E-state index is 13.0. The molecular formula is C21H23BrN2O5S. The maximum Gasteiger partial charge on any atom is 0.338 e. The molecule has 1 aliphatic heterocycles. The number of ether oxygens (including phenoxy) is 1. The Morgan fingerprint density at radius 3 is 2.30 bits per heavy atom. The summed E-state index contributed by atoms with van der Waals surface area (Å²) >= 11 is 3.30. The van der Waals surface area contributed by atoms with Gasteiger partial charge in [0.25, 0.3) is 5.91 Å². The van der Waals surface area contributed by atoms with Crippen molar-refractivity contribution >= 4 is 43.5 Å². The average Bonchev–Trinajstić information content (AvgIpc) is 2.75. The van der Waals surface area contributed by atoms with Crippen LogP contribution in [-0.4, -0.2) is 44.3 Å². The number of esters is 1. The molecule has 0 saturated carbocycles. The molecule has 0 spiro atoms. The van der Waals surface area contributed by atoms with Crippen LogP contribution in [0.15, 0.2) is 51.8 Å². The Morgan fingerprint density at radius 1 is 1.03 bits per heavy atom. The van der Waals surface area contributed by atoms with Crippen molar-refractivity contribution in [2.24, 2.45) is 0 Å². The van der Waals surface area contributed by atoms with Gasteiger partial charge in [-0.3, -0.25) is 4.79 Å². The Balaban J connectivity index is 1.78. The minimum atomic E-state index is -3.69. The van der Waals surface area contributed by atoms with Crippen molar-refractivity contribution in [3.63, 3.8) is 0 Å². The summed E-state index contributed by atoms with van der Waals surface area (Å²) in [6.07, 6.45) is 2.68. The number of nitrogens with zero attached hydrogens (tertiary/aromatic N) is 1. The van der Waals surface area contributed by atoms with Crippen molar-refractivity contribution in [1.82, 2.24) is 4.31 Å². The van der Waals surface area contributed by atoms with E-state index in [2.05, 4.69) is 21.2 Å². The van der Waals surface area contributed by atoms with E-state index in [9.17, 15) is 18.0 Å². The summed E-state index contributed by atoms with van der Waals surface area (Å²) in [6, 6.07) is 10.8. The van der Waals surface area contributed by atoms with Crippen LogP contribution in [0.2, 0.25) is 0 Å². The zero-order chi connectivity index (χ0) is 21.7. The van der Waals surface area contributed by atoms with Gasteiger partial charge in [-0.05, 0) is 78.2 Å². The Bertz CT molecular complexity index is 1030. The molecular weight excluding hydrogens is 472 g/mol. The molecule has 0 aliphatic carbocycles. The molecule has 2 aromatic carbocycles. The molecule has 0 radical (unpaired) electrons. The minimum Gasteiger partial charge on any atom is -0.462 e. The third kappa shape index (κ3) is 5.08. The fourth-order valence-electron chi connectivity index (χ4n) is 3.19. The first-order valence-corrected chi connectivity index (χ1v) is 11.9. The second-order valence-electron chi connectivity index (χ2n) is 6.86. The minimum absolute atomic E-state index is 0.0784. The summed E-state index contributed by atoms with van der Waals surface area (Å²) in [6.45, 7) is 2.98. The van der Waals surface area contributed by atoms with Crippen LogP contribution in [-0.2, 0) is 14.8 Å². The predicted octanol–water partition coefficient (Wildman–Crippen LogP) is 4.05. The Kier molecular flexibility index (Phi) is 7.27. The molecule has 1 fully saturated rings. The van der Waals surface area contributed by atoms with Gasteiger partial charge in [0, 0.05) is 28.8 Å². The Morgan fingerprint density at radius 2 is 1.67 bits per heavy atom. The molecule has 2 aromatic rings. The molecule has 7 nitrogen and oxygen atoms in total. The zero-order valence-electron chi connectivity index (χ0n) is 16.6. The predicted molar refractivity (Wildman–Crippen MR) is 117 cm³/mol. The third-order valence-corrected chi connectivity index (χ3v) is 7.67. The number of anilines is 1. The van der Waals surface area contributed by atoms with Crippen LogP contribution >= 0.6 is 15.9 Å². The first kappa shape index (κ1) is 22.5. The smallest absolute Gasteiger partial charge is 0.338 e. The molecule has 1 N–H and O–H groups in total. The first-order valence-electron chi connectivity index (χ1n) is 9.71. The molecule has 1 aliphatic rings. The summed E-state index contributed by atoms with van der Waals surface area (Å²) in [7, 11) is -3.69. The standard InChI is InChI=1S/C21H23BrN2O5S/c1-2-29-21(26)15-6-9-17(10-7-15)23-20(25)16-8-11-18(22)19(14-16)30(27,28)24-12-4-3-5-13-24/h6-11,14H,2-5,12-13H2,1H3,(H,23,25). The molecule has 1 saturated heterocycles. The molecule has 160 valence electrons. The van der Waals surface area contributed by atoms with Gasteiger partial charge in [-0.25, -0.2) is 13.2 Å². The second-order valence-corrected chi connectivity index (χ2v) is 9.62. The normalized spacial score (nSPS) is 14.9. The van der Waals surface area contributed by atoms with E-state index in [1.165, 1.54) is 10.4 Å². The van der Waals surface area contributed by atoms with E-state index in [1.807, 2.05) is 0 Å². The van der Waals surface area contributed by atoms with Gasteiger partial charge < -0.3 is 10.1 Å². The van der Waals surface area contributed by atoms with Crippen LogP contribution in [0, 0.1) is 0 Å². The average molecular weight is 495 g/mol. The molecule has 30 heavy (non-hydrogen) atoms. The van der Waals surface area contributed by atoms with Crippen molar-refractivity contribution in [3.05, 3.63) is 58.1 Å². The number of nitrogens with one attached hydrogen (secondary N) is 1. The lowest BCUT2D eigenvalue weighted by atomic mass is 10.2. The highest BCUT2D eigenvalue weighted by atomic mass is 79.9. The molecule has 3 rings (SSSR count). The lowest BCUT2D eigenvalue weighted by Gasteiger charge is -2.26. The molecule has 0 bridgehead atoms. The van der Waals surface area contributed by atoms with E-state index < -0.39 is 21.9 Å². The van der Waals surface area contributed by atoms with E-state index in [-0.39, 0.29) is 17.1 Å². The monoisotopic (exact) mass is 494 g/mol. The molecule has 1 amide bonds. The number of hydrogen-bond donors (Lipinski definition) is 1. The first-order chi connectivity index (χ1) is 14.3. The van der Waals surface area contributed by atoms with Crippen LogP contribution in [0.4, 0.5) is 5.69 Å². The summed E-state index contributed by atoms with van der Waals surface area (Å²) in [5.74, 6) is -0.877. The number of carbonyl (C=O) groups excluding carboxylic acids is 2. The van der Waals surface area contributed by atoms with Crippen LogP contribution in [0.3, 0.4) is 0 Å². The summed E-state index contributed by atoms with van der Waals surface area (Å²) in [4.78, 5) is 24.5. The summed E-state index contributed by atoms with van der Waals surface area (Å²) < 4.78 is 32.8. The van der Waals surface area contributed by atoms with Crippen molar-refractivity contribution in [2.45, 2.75) is 31.1 Å². The summed E-state index contributed by atoms with van der Waals surface area (Å²) in [5, 5.41) is 2.72. The lowest BCUT2D eigenvalue weighted by Crippen LogP contribution is -2.35. The van der Waals surface area contributed by atoms with Gasteiger partial charge in [0.2, 0.25) is 10.0 Å². The maximum absolute atomic E-state index is 13.0. The molecule has 1 heterocycles. The molecule has 0 unspecified atom stereocenters. The van der Waals surface area contributed by atoms with E-state index in [0.717, 1.165) is 19.3 Å². The number of rotatable bonds is 6. The van der Waals surface area contributed by atoms with Gasteiger partial charge in [-0.1, -0.05) is 6.42 Å². The van der Waals surface area contributed by atoms with Crippen LogP contribution in [0.1, 0.15) is 46.9 Å². The van der Waals surface area contributed by atoms with Crippen molar-refractivity contribution in [1.29, 1.82) is 0 Å². The number of halogens is 1. The van der Waals surface area contributed by atoms with Crippen LogP contribution in [0.5, 0.6) is 0 Å². The fourth-order valence-corrected chi connectivity index (χ4v) is 5.66. The van der Waals surface area contributed by atoms with Crippen molar-refractivity contribution < 1.29 is 22.7 Å². The van der Waals surface area contributed by atoms with E-state index in [0.29, 0.717) is 28.8 Å². The third-order valence-electron chi connectivity index (χ3n) is 4.78. The van der Waals surface area contributed by atoms with E-state index in [1.54, 1.807) is 43.3 Å². The van der Waals surface area contributed by atoms with Crippen LogP contribution < -0.4 is 5.32 Å². The zero-order valence-corrected chi connectivity index (χ0v) is 19.0. The Labute approximate surface area is 184 Å². The number of carbonyl (C=O) groups is 2. The van der Waals surface area contributed by atoms with Gasteiger partial charge in [0.15, 0.2) is 0 Å². The number of hydrogen-bond acceptors (Lipinski definition) is 5. The number of sulfonamides is 1. The lowest BCUT2D eigenvalue weighted by molar-refractivity contribution is 0.0526. The number of amides is 1. The molecule has 0 atom stereocenters. The Hall–Kier alpha value is -2.23. The van der Waals surface area contributed by atoms with Gasteiger partial charge in [-0.2, -0.15) is 4.31 Å². The molecule has 9 heteroatoms. The highest BCUT2D eigenvalue weighted by molar-refractivity contribution is 9.10. The van der Waals surface area contributed by atoms with Gasteiger partial charge in [0.1, 0.15) is 0 Å². The van der Waals surface area contributed by atoms with E-state index >= 15 is 0 Å². The number of piperidine rings is 1. The van der Waals surface area contributed by atoms with Crippen LogP contribution in [0.25, 0.3) is 0 Å². The molecule has 0 aromatic heterocycles. The van der Waals surface area contributed by atoms with Crippen molar-refractivity contribution in [3.8, 4) is 0 Å². The largest absolute Gasteiger partial charge is 0.462 e. The topological polar surface area (TPSA) is 92.8 Å². The van der Waals surface area contributed by atoms with Crippen molar-refractivity contribution in [2.75, 3.05) is 25.0 Å². The number of benzene rings is 2. The quantitative estimate of drug-likeness (QED) is 0.611. The van der Waals surface area contributed by atoms with Gasteiger partial charge in [0.05, 0.1) is 17.1 Å². The summed E-state index contributed by atoms with van der Waals surface area (Å²) in [5.41, 5.74) is 1.09. The SMILES string of the molecule is CCOC(=O)c1ccc(NC(=O)c2ccc(Br)c(S(=O)(=O)N3CCCCC3)c2)cc1. The van der Waals surface area contributed by atoms with Gasteiger partial charge in [-0.15, -0.1) is 0 Å². The van der Waals surface area contributed by atoms with Gasteiger partial charge >= 0.3 is 5.97 Å². The highest BCUT2D eigenvalue weighted by Gasteiger charge is 2.28. The second kappa shape index (κ2) is 9.72. The van der Waals surface area contributed by atoms with E-state index in [4.69, 9.17) is 4.74 Å². The highest BCUT2D eigenvalue weighted by Crippen LogP contribution is 2.28. The fraction of sp³-hybridized carbons (Fsp3) is 0.333.